The zero-order chi connectivity index (χ0) is 26.2. The van der Waals surface area contributed by atoms with Crippen molar-refractivity contribution in [3.05, 3.63) is 71.8 Å². The Labute approximate surface area is 222 Å². The van der Waals surface area contributed by atoms with Gasteiger partial charge in [-0.2, -0.15) is 0 Å². The molecule has 4 aliphatic rings. The fourth-order valence-electron chi connectivity index (χ4n) is 6.18. The van der Waals surface area contributed by atoms with Gasteiger partial charge >= 0.3 is 0 Å². The molecule has 1 saturated carbocycles. The molecule has 0 bridgehead atoms. The topological polar surface area (TPSA) is 119 Å². The number of nitrogens with two attached hydrogens (primary N) is 1. The highest BCUT2D eigenvalue weighted by atomic mass is 16.8. The van der Waals surface area contributed by atoms with E-state index >= 15 is 0 Å². The molecule has 3 N–H and O–H groups in total. The lowest BCUT2D eigenvalue weighted by Crippen LogP contribution is -2.69. The number of hydrogen-bond acceptors (Lipinski definition) is 8. The smallest absolute Gasteiger partial charge is 0.252 e. The minimum absolute atomic E-state index is 0.0887. The van der Waals surface area contributed by atoms with Crippen molar-refractivity contribution in [2.45, 2.75) is 81.0 Å². The highest BCUT2D eigenvalue weighted by molar-refractivity contribution is 5.84. The van der Waals surface area contributed by atoms with Crippen LogP contribution >= 0.6 is 0 Å². The third-order valence-electron chi connectivity index (χ3n) is 8.18. The maximum absolute atomic E-state index is 13.2. The molecular formula is C29H35NO8. The van der Waals surface area contributed by atoms with E-state index in [0.717, 1.165) is 30.4 Å². The zero-order valence-corrected chi connectivity index (χ0v) is 21.3. The molecule has 9 heteroatoms. The van der Waals surface area contributed by atoms with Crippen molar-refractivity contribution >= 4 is 5.91 Å². The normalized spacial score (nSPS) is 36.6. The first-order valence-electron chi connectivity index (χ1n) is 13.4. The van der Waals surface area contributed by atoms with E-state index in [-0.39, 0.29) is 19.8 Å². The van der Waals surface area contributed by atoms with Crippen molar-refractivity contribution in [3.8, 4) is 0 Å². The predicted octanol–water partition coefficient (Wildman–Crippen LogP) is 2.95. The SMILES string of the molecule is NC(=O)C1([C@@H]2[C@@H](OCc3ccccc3)O[C@@H]3COC(c4ccccc4)O[C@H]3[C@@H]2O)COC2(CCCCC2)O1. The minimum atomic E-state index is -1.65. The largest absolute Gasteiger partial charge is 0.390 e. The van der Waals surface area contributed by atoms with Crippen LogP contribution in [0.2, 0.25) is 0 Å². The molecule has 2 aromatic rings. The molecule has 0 radical (unpaired) electrons. The van der Waals surface area contributed by atoms with E-state index in [9.17, 15) is 9.90 Å². The Balaban J connectivity index is 1.31. The summed E-state index contributed by atoms with van der Waals surface area (Å²) in [4.78, 5) is 13.2. The van der Waals surface area contributed by atoms with Gasteiger partial charge in [-0.3, -0.25) is 4.79 Å². The second-order valence-electron chi connectivity index (χ2n) is 10.6. The van der Waals surface area contributed by atoms with Gasteiger partial charge in [-0.05, 0) is 18.4 Å². The fraction of sp³-hybridized carbons (Fsp3) is 0.552. The zero-order valence-electron chi connectivity index (χ0n) is 21.3. The molecule has 3 heterocycles. The van der Waals surface area contributed by atoms with E-state index in [2.05, 4.69) is 0 Å². The van der Waals surface area contributed by atoms with Crippen LogP contribution in [0.25, 0.3) is 0 Å². The van der Waals surface area contributed by atoms with Crippen molar-refractivity contribution in [2.24, 2.45) is 11.7 Å². The number of benzene rings is 2. The van der Waals surface area contributed by atoms with Gasteiger partial charge in [-0.1, -0.05) is 67.1 Å². The number of ether oxygens (including phenoxy) is 6. The van der Waals surface area contributed by atoms with Gasteiger partial charge in [0.25, 0.3) is 5.91 Å². The predicted molar refractivity (Wildman–Crippen MR) is 134 cm³/mol. The van der Waals surface area contributed by atoms with E-state index in [4.69, 9.17) is 34.2 Å². The van der Waals surface area contributed by atoms with Crippen LogP contribution in [0, 0.1) is 5.92 Å². The highest BCUT2D eigenvalue weighted by Gasteiger charge is 2.66. The van der Waals surface area contributed by atoms with Crippen LogP contribution < -0.4 is 5.73 Å². The Morgan fingerprint density at radius 1 is 1.00 bits per heavy atom. The van der Waals surface area contributed by atoms with E-state index in [0.29, 0.717) is 12.8 Å². The molecule has 1 aliphatic carbocycles. The summed E-state index contributed by atoms with van der Waals surface area (Å²) in [5.74, 6) is -2.61. The summed E-state index contributed by atoms with van der Waals surface area (Å²) in [6.07, 6.45) is -0.0478. The second kappa shape index (κ2) is 10.7. The standard InChI is InChI=1S/C29H35NO8/c30-27(32)29(18-35-28(38-29)14-8-3-9-15-28)22-23(31)24-21(17-34-25(37-24)20-12-6-2-7-13-20)36-26(22)33-16-19-10-4-1-5-11-19/h1-2,4-7,10-13,21-26,31H,3,8-9,14-18H2,(H2,30,32)/t21-,22+,23-,24-,25?,26+,29?/m1/s1. The van der Waals surface area contributed by atoms with Crippen LogP contribution in [-0.2, 0) is 39.8 Å². The second-order valence-corrected chi connectivity index (χ2v) is 10.6. The summed E-state index contributed by atoms with van der Waals surface area (Å²) >= 11 is 0. The first-order valence-corrected chi connectivity index (χ1v) is 13.4. The van der Waals surface area contributed by atoms with Gasteiger partial charge in [-0.25, -0.2) is 0 Å². The first-order chi connectivity index (χ1) is 18.5. The quantitative estimate of drug-likeness (QED) is 0.591. The number of primary amides is 1. The van der Waals surface area contributed by atoms with E-state index in [1.165, 1.54) is 0 Å². The summed E-state index contributed by atoms with van der Waals surface area (Å²) < 4.78 is 37.5. The lowest BCUT2D eigenvalue weighted by molar-refractivity contribution is -0.370. The van der Waals surface area contributed by atoms with Gasteiger partial charge in [0.2, 0.25) is 0 Å². The van der Waals surface area contributed by atoms with Gasteiger partial charge in [0.1, 0.15) is 12.2 Å². The summed E-state index contributed by atoms with van der Waals surface area (Å²) in [6.45, 7) is 0.306. The summed E-state index contributed by atoms with van der Waals surface area (Å²) in [5.41, 5.74) is 6.14. The minimum Gasteiger partial charge on any atom is -0.390 e. The molecule has 1 amide bonds. The van der Waals surface area contributed by atoms with Crippen molar-refractivity contribution in [1.82, 2.24) is 0 Å². The molecule has 2 unspecified atom stereocenters. The molecule has 0 aromatic heterocycles. The summed E-state index contributed by atoms with van der Waals surface area (Å²) in [5, 5.41) is 11.9. The lowest BCUT2D eigenvalue weighted by atomic mass is 9.77. The van der Waals surface area contributed by atoms with Crippen LogP contribution in [0.15, 0.2) is 60.7 Å². The number of rotatable bonds is 6. The van der Waals surface area contributed by atoms with Crippen molar-refractivity contribution < 1.29 is 38.3 Å². The fourth-order valence-corrected chi connectivity index (χ4v) is 6.18. The third kappa shape index (κ3) is 4.77. The number of aliphatic hydroxyl groups excluding tert-OH is 1. The summed E-state index contributed by atoms with van der Waals surface area (Å²) in [7, 11) is 0. The molecule has 1 spiro atoms. The van der Waals surface area contributed by atoms with Crippen LogP contribution in [0.4, 0.5) is 0 Å². The number of hydrogen-bond donors (Lipinski definition) is 2. The number of aliphatic hydroxyl groups is 1. The highest BCUT2D eigenvalue weighted by Crippen LogP contribution is 2.49. The monoisotopic (exact) mass is 525 g/mol. The maximum Gasteiger partial charge on any atom is 0.252 e. The number of carbonyl (C=O) groups excluding carboxylic acids is 1. The van der Waals surface area contributed by atoms with Crippen molar-refractivity contribution in [2.75, 3.05) is 13.2 Å². The van der Waals surface area contributed by atoms with Crippen molar-refractivity contribution in [3.63, 3.8) is 0 Å². The third-order valence-corrected chi connectivity index (χ3v) is 8.18. The Morgan fingerprint density at radius 2 is 1.71 bits per heavy atom. The van der Waals surface area contributed by atoms with Crippen LogP contribution in [0.5, 0.6) is 0 Å². The molecule has 6 rings (SSSR count). The first kappa shape index (κ1) is 25.9. The van der Waals surface area contributed by atoms with E-state index < -0.39 is 54.1 Å². The Morgan fingerprint density at radius 3 is 2.42 bits per heavy atom. The average molecular weight is 526 g/mol. The summed E-state index contributed by atoms with van der Waals surface area (Å²) in [6, 6.07) is 19.1. The van der Waals surface area contributed by atoms with Crippen molar-refractivity contribution in [1.29, 1.82) is 0 Å². The van der Waals surface area contributed by atoms with E-state index in [1.54, 1.807) is 0 Å². The molecule has 2 aromatic carbocycles. The Bertz CT molecular complexity index is 1090. The number of amides is 1. The van der Waals surface area contributed by atoms with Crippen LogP contribution in [0.3, 0.4) is 0 Å². The van der Waals surface area contributed by atoms with Gasteiger partial charge in [0.05, 0.1) is 31.8 Å². The lowest BCUT2D eigenvalue weighted by Gasteiger charge is -2.51. The Hall–Kier alpha value is -2.37. The molecule has 7 atom stereocenters. The maximum atomic E-state index is 13.2. The van der Waals surface area contributed by atoms with Gasteiger partial charge in [0, 0.05) is 18.4 Å². The van der Waals surface area contributed by atoms with Gasteiger partial charge < -0.3 is 39.3 Å². The number of carbonyl (C=O) groups is 1. The Kier molecular flexibility index (Phi) is 7.26. The van der Waals surface area contributed by atoms with Crippen LogP contribution in [-0.4, -0.2) is 60.2 Å². The van der Waals surface area contributed by atoms with Crippen LogP contribution in [0.1, 0.15) is 49.5 Å². The van der Waals surface area contributed by atoms with Gasteiger partial charge in [-0.15, -0.1) is 0 Å². The number of fused-ring (bicyclic) bond motifs is 1. The molecule has 3 saturated heterocycles. The molecule has 204 valence electrons. The molecule has 9 nitrogen and oxygen atoms in total. The molecule has 4 fully saturated rings. The molecule has 3 aliphatic heterocycles. The average Bonchev–Trinajstić information content (AvgIpc) is 3.32. The van der Waals surface area contributed by atoms with E-state index in [1.807, 2.05) is 60.7 Å². The van der Waals surface area contributed by atoms with Gasteiger partial charge in [0.15, 0.2) is 24.0 Å². The molecule has 38 heavy (non-hydrogen) atoms. The molecular weight excluding hydrogens is 490 g/mol.